The summed E-state index contributed by atoms with van der Waals surface area (Å²) in [5.74, 6) is 2.59. The largest absolute Gasteiger partial charge is 0.372 e. The molecule has 2 aliphatic rings. The lowest BCUT2D eigenvalue weighted by Crippen LogP contribution is -2.27. The van der Waals surface area contributed by atoms with Gasteiger partial charge in [-0.2, -0.15) is 0 Å². The van der Waals surface area contributed by atoms with Gasteiger partial charge in [-0.3, -0.25) is 9.36 Å². The van der Waals surface area contributed by atoms with Crippen molar-refractivity contribution in [3.05, 3.63) is 51.3 Å². The second-order valence-corrected chi connectivity index (χ2v) is 6.80. The predicted octanol–water partition coefficient (Wildman–Crippen LogP) is 3.58. The molecule has 4 nitrogen and oxygen atoms in total. The third kappa shape index (κ3) is 2.43. The van der Waals surface area contributed by atoms with Gasteiger partial charge in [-0.25, -0.2) is 9.37 Å². The van der Waals surface area contributed by atoms with Crippen LogP contribution in [0.5, 0.6) is 0 Å². The van der Waals surface area contributed by atoms with E-state index in [1.165, 1.54) is 23.1 Å². The zero-order valence-electron chi connectivity index (χ0n) is 12.7. The third-order valence-electron chi connectivity index (χ3n) is 4.98. The Labute approximate surface area is 138 Å². The summed E-state index contributed by atoms with van der Waals surface area (Å²) < 4.78 is 14.8. The molecule has 2 aliphatic carbocycles. The molecule has 0 saturated heterocycles. The molecule has 2 fully saturated rings. The zero-order chi connectivity index (χ0) is 16.1. The highest BCUT2D eigenvalue weighted by atomic mass is 35.5. The maximum Gasteiger partial charge on any atom is 0.279 e. The minimum absolute atomic E-state index is 0.0590. The number of hydrogen-bond acceptors (Lipinski definition) is 3. The molecule has 0 amide bonds. The Hall–Kier alpha value is -1.88. The van der Waals surface area contributed by atoms with Crippen molar-refractivity contribution in [2.45, 2.75) is 25.2 Å². The van der Waals surface area contributed by atoms with Crippen LogP contribution in [0.15, 0.2) is 29.1 Å². The summed E-state index contributed by atoms with van der Waals surface area (Å²) in [6.45, 7) is 0. The number of anilines is 1. The van der Waals surface area contributed by atoms with Crippen molar-refractivity contribution in [1.82, 2.24) is 9.55 Å². The lowest BCUT2D eigenvalue weighted by molar-refractivity contribution is 0.568. The molecule has 0 spiro atoms. The summed E-state index contributed by atoms with van der Waals surface area (Å²) in [4.78, 5) is 17.4. The molecule has 1 aromatic carbocycles. The van der Waals surface area contributed by atoms with Crippen LogP contribution in [0, 0.1) is 17.7 Å². The first-order valence-corrected chi connectivity index (χ1v) is 8.22. The van der Waals surface area contributed by atoms with Crippen LogP contribution >= 0.6 is 11.6 Å². The lowest BCUT2D eigenvalue weighted by Gasteiger charge is -2.20. The van der Waals surface area contributed by atoms with Gasteiger partial charge in [0.05, 0.1) is 5.69 Å². The summed E-state index contributed by atoms with van der Waals surface area (Å²) in [6, 6.07) is 5.87. The molecule has 1 aromatic heterocycles. The van der Waals surface area contributed by atoms with Crippen LogP contribution in [0.2, 0.25) is 5.02 Å². The fourth-order valence-corrected chi connectivity index (χ4v) is 3.94. The Balaban J connectivity index is 1.89. The molecule has 3 atom stereocenters. The molecule has 120 valence electrons. The summed E-state index contributed by atoms with van der Waals surface area (Å²) >= 11 is 6.16. The zero-order valence-corrected chi connectivity index (χ0v) is 13.5. The number of fused-ring (bicyclic) bond motifs is 1. The standard InChI is InChI=1S/C17H17ClFN3O/c1-20-15-14(18)17(23)22(13-4-2-12(19)3-5-13)16(21-15)11-7-9-6-10(9)8-11/h2-5,9-11,20H,6-8H2,1H3/t9-,10+,11+. The van der Waals surface area contributed by atoms with Crippen LogP contribution in [0.4, 0.5) is 10.2 Å². The molecule has 23 heavy (non-hydrogen) atoms. The first-order chi connectivity index (χ1) is 11.1. The van der Waals surface area contributed by atoms with Gasteiger partial charge in [0.2, 0.25) is 0 Å². The van der Waals surface area contributed by atoms with Crippen molar-refractivity contribution >= 4 is 17.4 Å². The molecule has 2 saturated carbocycles. The number of benzene rings is 1. The molecule has 1 N–H and O–H groups in total. The number of nitrogens with zero attached hydrogens (tertiary/aromatic N) is 2. The highest BCUT2D eigenvalue weighted by Crippen LogP contribution is 2.57. The van der Waals surface area contributed by atoms with Crippen molar-refractivity contribution in [2.75, 3.05) is 12.4 Å². The average molecular weight is 334 g/mol. The van der Waals surface area contributed by atoms with Gasteiger partial charge in [0.15, 0.2) is 5.82 Å². The Bertz CT molecular complexity index is 808. The highest BCUT2D eigenvalue weighted by molar-refractivity contribution is 6.32. The molecule has 4 rings (SSSR count). The van der Waals surface area contributed by atoms with Gasteiger partial charge in [0, 0.05) is 13.0 Å². The molecule has 2 aromatic rings. The second kappa shape index (κ2) is 5.34. The van der Waals surface area contributed by atoms with Crippen molar-refractivity contribution in [3.63, 3.8) is 0 Å². The van der Waals surface area contributed by atoms with Crippen LogP contribution < -0.4 is 10.9 Å². The number of nitrogens with one attached hydrogen (secondary N) is 1. The van der Waals surface area contributed by atoms with Crippen LogP contribution in [0.25, 0.3) is 5.69 Å². The Morgan fingerprint density at radius 3 is 2.48 bits per heavy atom. The van der Waals surface area contributed by atoms with E-state index in [4.69, 9.17) is 11.6 Å². The normalized spacial score (nSPS) is 25.3. The molecule has 0 aliphatic heterocycles. The molecule has 0 radical (unpaired) electrons. The van der Waals surface area contributed by atoms with Crippen molar-refractivity contribution in [3.8, 4) is 5.69 Å². The summed E-state index contributed by atoms with van der Waals surface area (Å²) in [6.07, 6.45) is 3.41. The molecule has 0 bridgehead atoms. The average Bonchev–Trinajstić information content (AvgIpc) is 3.17. The van der Waals surface area contributed by atoms with E-state index in [0.29, 0.717) is 11.5 Å². The topological polar surface area (TPSA) is 46.9 Å². The van der Waals surface area contributed by atoms with Crippen LogP contribution in [-0.2, 0) is 0 Å². The molecule has 1 heterocycles. The fraction of sp³-hybridized carbons (Fsp3) is 0.412. The van der Waals surface area contributed by atoms with E-state index >= 15 is 0 Å². The number of halogens is 2. The van der Waals surface area contributed by atoms with E-state index in [1.54, 1.807) is 19.2 Å². The van der Waals surface area contributed by atoms with Crippen molar-refractivity contribution in [1.29, 1.82) is 0 Å². The van der Waals surface area contributed by atoms with E-state index in [0.717, 1.165) is 30.5 Å². The maximum atomic E-state index is 13.2. The van der Waals surface area contributed by atoms with Gasteiger partial charge in [-0.05, 0) is 55.4 Å². The van der Waals surface area contributed by atoms with E-state index in [-0.39, 0.29) is 22.3 Å². The van der Waals surface area contributed by atoms with Crippen molar-refractivity contribution in [2.24, 2.45) is 11.8 Å². The number of rotatable bonds is 3. The molecular weight excluding hydrogens is 317 g/mol. The van der Waals surface area contributed by atoms with E-state index in [1.807, 2.05) is 0 Å². The minimum atomic E-state index is -0.337. The monoisotopic (exact) mass is 333 g/mol. The summed E-state index contributed by atoms with van der Waals surface area (Å²) in [5, 5.41) is 2.95. The maximum absolute atomic E-state index is 13.2. The van der Waals surface area contributed by atoms with Crippen molar-refractivity contribution < 1.29 is 4.39 Å². The first-order valence-electron chi connectivity index (χ1n) is 7.84. The Morgan fingerprint density at radius 2 is 1.87 bits per heavy atom. The van der Waals surface area contributed by atoms with Crippen LogP contribution in [0.1, 0.15) is 31.0 Å². The number of hydrogen-bond donors (Lipinski definition) is 1. The lowest BCUT2D eigenvalue weighted by atomic mass is 10.0. The van der Waals surface area contributed by atoms with Gasteiger partial charge in [0.1, 0.15) is 16.7 Å². The van der Waals surface area contributed by atoms with Gasteiger partial charge < -0.3 is 5.32 Å². The van der Waals surface area contributed by atoms with Gasteiger partial charge in [-0.1, -0.05) is 11.6 Å². The quantitative estimate of drug-likeness (QED) is 0.934. The number of aromatic nitrogens is 2. The smallest absolute Gasteiger partial charge is 0.279 e. The van der Waals surface area contributed by atoms with E-state index < -0.39 is 0 Å². The molecule has 0 unspecified atom stereocenters. The predicted molar refractivity (Wildman–Crippen MR) is 87.9 cm³/mol. The fourth-order valence-electron chi connectivity index (χ4n) is 3.72. The Morgan fingerprint density at radius 1 is 1.22 bits per heavy atom. The first kappa shape index (κ1) is 14.7. The summed E-state index contributed by atoms with van der Waals surface area (Å²) in [5.41, 5.74) is 0.289. The van der Waals surface area contributed by atoms with E-state index in [9.17, 15) is 9.18 Å². The van der Waals surface area contributed by atoms with Gasteiger partial charge in [-0.15, -0.1) is 0 Å². The Kier molecular flexibility index (Phi) is 3.41. The highest BCUT2D eigenvalue weighted by Gasteiger charge is 2.47. The SMILES string of the molecule is CNc1nc([C@@H]2C[C@@H]3C[C@@H]3C2)n(-c2ccc(F)cc2)c(=O)c1Cl. The molecular formula is C17H17ClFN3O. The van der Waals surface area contributed by atoms with Gasteiger partial charge in [0.25, 0.3) is 5.56 Å². The van der Waals surface area contributed by atoms with Gasteiger partial charge >= 0.3 is 0 Å². The van der Waals surface area contributed by atoms with Crippen LogP contribution in [-0.4, -0.2) is 16.6 Å². The third-order valence-corrected chi connectivity index (χ3v) is 5.33. The minimum Gasteiger partial charge on any atom is -0.372 e. The van der Waals surface area contributed by atoms with E-state index in [2.05, 4.69) is 10.3 Å². The van der Waals surface area contributed by atoms with Crippen LogP contribution in [0.3, 0.4) is 0 Å². The molecule has 6 heteroatoms. The summed E-state index contributed by atoms with van der Waals surface area (Å²) in [7, 11) is 1.70. The second-order valence-electron chi connectivity index (χ2n) is 6.42.